The molecule has 1 heterocycles. The zero-order valence-electron chi connectivity index (χ0n) is 14.0. The second kappa shape index (κ2) is 8.43. The van der Waals surface area contributed by atoms with Gasteiger partial charge in [0.05, 0.1) is 17.1 Å². The molecule has 1 aliphatic rings. The molecule has 0 aliphatic carbocycles. The average molecular weight is 352 g/mol. The van der Waals surface area contributed by atoms with Gasteiger partial charge < -0.3 is 19.1 Å². The third-order valence-electron chi connectivity index (χ3n) is 3.54. The lowest BCUT2D eigenvalue weighted by molar-refractivity contribution is -0.385. The molecule has 9 heteroatoms. The molecule has 136 valence electrons. The number of carbonyl (C=O) groups is 2. The quantitative estimate of drug-likeness (QED) is 0.429. The monoisotopic (exact) mass is 352 g/mol. The fourth-order valence-corrected chi connectivity index (χ4v) is 2.52. The number of para-hydroxylation sites is 2. The summed E-state index contributed by atoms with van der Waals surface area (Å²) in [5.41, 5.74) is -0.248. The van der Waals surface area contributed by atoms with Gasteiger partial charge in [0, 0.05) is 19.2 Å². The van der Waals surface area contributed by atoms with Crippen molar-refractivity contribution < 1.29 is 28.7 Å². The first-order chi connectivity index (χ1) is 11.9. The van der Waals surface area contributed by atoms with Gasteiger partial charge in [-0.2, -0.15) is 0 Å². The predicted octanol–water partition coefficient (Wildman–Crippen LogP) is 1.15. The number of hydrogen-bond acceptors (Lipinski definition) is 7. The van der Waals surface area contributed by atoms with Gasteiger partial charge in [-0.1, -0.05) is 12.1 Å². The standard InChI is InChI=1S/C16H20N2O7/c1-11-7-17(8-12(2)25-11)15(19)9-24-16(20)10-23-14-6-4-3-5-13(14)18(21)22/h3-6,11-12H,7-10H2,1-2H3/t11-,12-/m1/s1. The van der Waals surface area contributed by atoms with Crippen molar-refractivity contribution in [2.75, 3.05) is 26.3 Å². The van der Waals surface area contributed by atoms with Crippen molar-refractivity contribution in [1.29, 1.82) is 0 Å². The molecule has 0 spiro atoms. The highest BCUT2D eigenvalue weighted by Crippen LogP contribution is 2.25. The van der Waals surface area contributed by atoms with Crippen molar-refractivity contribution in [3.8, 4) is 5.75 Å². The third kappa shape index (κ3) is 5.42. The summed E-state index contributed by atoms with van der Waals surface area (Å²) in [6.07, 6.45) is -0.157. The van der Waals surface area contributed by atoms with Gasteiger partial charge in [-0.15, -0.1) is 0 Å². The van der Waals surface area contributed by atoms with Crippen LogP contribution in [-0.2, 0) is 19.1 Å². The number of hydrogen-bond donors (Lipinski definition) is 0. The summed E-state index contributed by atoms with van der Waals surface area (Å²) >= 11 is 0. The Labute approximate surface area is 144 Å². The van der Waals surface area contributed by atoms with Gasteiger partial charge in [0.1, 0.15) is 0 Å². The Morgan fingerprint density at radius 3 is 2.52 bits per heavy atom. The molecule has 0 radical (unpaired) electrons. The molecule has 0 aromatic heterocycles. The van der Waals surface area contributed by atoms with Gasteiger partial charge in [0.2, 0.25) is 0 Å². The number of nitrogens with zero attached hydrogens (tertiary/aromatic N) is 2. The Kier molecular flexibility index (Phi) is 6.29. The van der Waals surface area contributed by atoms with E-state index in [1.807, 2.05) is 13.8 Å². The van der Waals surface area contributed by atoms with Crippen LogP contribution in [0.4, 0.5) is 5.69 Å². The summed E-state index contributed by atoms with van der Waals surface area (Å²) < 4.78 is 15.5. The maximum atomic E-state index is 12.1. The zero-order chi connectivity index (χ0) is 18.4. The van der Waals surface area contributed by atoms with Gasteiger partial charge >= 0.3 is 11.7 Å². The second-order valence-electron chi connectivity index (χ2n) is 5.73. The topological polar surface area (TPSA) is 108 Å². The van der Waals surface area contributed by atoms with E-state index >= 15 is 0 Å². The van der Waals surface area contributed by atoms with Crippen molar-refractivity contribution in [3.63, 3.8) is 0 Å². The second-order valence-corrected chi connectivity index (χ2v) is 5.73. The molecule has 0 saturated carbocycles. The Morgan fingerprint density at radius 2 is 1.88 bits per heavy atom. The highest BCUT2D eigenvalue weighted by molar-refractivity contribution is 5.81. The number of amides is 1. The summed E-state index contributed by atoms with van der Waals surface area (Å²) in [5, 5.41) is 10.9. The van der Waals surface area contributed by atoms with Crippen molar-refractivity contribution in [1.82, 2.24) is 4.90 Å². The average Bonchev–Trinajstić information content (AvgIpc) is 2.57. The number of nitro groups is 1. The fourth-order valence-electron chi connectivity index (χ4n) is 2.52. The van der Waals surface area contributed by atoms with Gasteiger partial charge in [-0.3, -0.25) is 14.9 Å². The Balaban J connectivity index is 1.79. The largest absolute Gasteiger partial charge is 0.475 e. The molecule has 2 rings (SSSR count). The minimum atomic E-state index is -0.777. The van der Waals surface area contributed by atoms with E-state index in [4.69, 9.17) is 14.2 Å². The van der Waals surface area contributed by atoms with E-state index in [0.717, 1.165) is 0 Å². The summed E-state index contributed by atoms with van der Waals surface area (Å²) in [6.45, 7) is 3.68. The van der Waals surface area contributed by atoms with Crippen molar-refractivity contribution in [2.24, 2.45) is 0 Å². The highest BCUT2D eigenvalue weighted by atomic mass is 16.6. The number of benzene rings is 1. The predicted molar refractivity (Wildman–Crippen MR) is 86.1 cm³/mol. The molecule has 1 fully saturated rings. The van der Waals surface area contributed by atoms with Crippen LogP contribution in [0.3, 0.4) is 0 Å². The molecule has 1 aromatic rings. The Hall–Kier alpha value is -2.68. The van der Waals surface area contributed by atoms with Crippen molar-refractivity contribution >= 4 is 17.6 Å². The summed E-state index contributed by atoms with van der Waals surface area (Å²) in [5.74, 6) is -1.13. The van der Waals surface area contributed by atoms with E-state index in [9.17, 15) is 19.7 Å². The number of carbonyl (C=O) groups excluding carboxylic acids is 2. The first-order valence-corrected chi connectivity index (χ1v) is 7.82. The van der Waals surface area contributed by atoms with E-state index < -0.39 is 24.1 Å². The van der Waals surface area contributed by atoms with Crippen LogP contribution >= 0.6 is 0 Å². The van der Waals surface area contributed by atoms with Crippen LogP contribution in [0.2, 0.25) is 0 Å². The van der Waals surface area contributed by atoms with E-state index in [-0.39, 0.29) is 29.6 Å². The first kappa shape index (κ1) is 18.7. The molecule has 2 atom stereocenters. The zero-order valence-corrected chi connectivity index (χ0v) is 14.0. The molecule has 1 amide bonds. The van der Waals surface area contributed by atoms with Crippen LogP contribution < -0.4 is 4.74 Å². The van der Waals surface area contributed by atoms with Crippen LogP contribution in [0.25, 0.3) is 0 Å². The normalized spacial score (nSPS) is 20.0. The van der Waals surface area contributed by atoms with Crippen LogP contribution in [-0.4, -0.2) is 60.2 Å². The maximum Gasteiger partial charge on any atom is 0.344 e. The molecule has 0 N–H and O–H groups in total. The lowest BCUT2D eigenvalue weighted by Crippen LogP contribution is -2.49. The number of morpholine rings is 1. The minimum absolute atomic E-state index is 0.0356. The van der Waals surface area contributed by atoms with E-state index in [2.05, 4.69) is 0 Å². The first-order valence-electron chi connectivity index (χ1n) is 7.82. The highest BCUT2D eigenvalue weighted by Gasteiger charge is 2.26. The Bertz CT molecular complexity index is 639. The lowest BCUT2D eigenvalue weighted by atomic mass is 10.2. The van der Waals surface area contributed by atoms with E-state index in [1.54, 1.807) is 11.0 Å². The lowest BCUT2D eigenvalue weighted by Gasteiger charge is -2.35. The summed E-state index contributed by atoms with van der Waals surface area (Å²) in [6, 6.07) is 5.70. The van der Waals surface area contributed by atoms with Gasteiger partial charge in [-0.05, 0) is 19.9 Å². The van der Waals surface area contributed by atoms with Crippen LogP contribution in [0.15, 0.2) is 24.3 Å². The molecule has 1 aromatic carbocycles. The van der Waals surface area contributed by atoms with Gasteiger partial charge in [0.15, 0.2) is 19.0 Å². The molecular weight excluding hydrogens is 332 g/mol. The molecule has 9 nitrogen and oxygen atoms in total. The fraction of sp³-hybridized carbons (Fsp3) is 0.500. The van der Waals surface area contributed by atoms with Crippen LogP contribution in [0.1, 0.15) is 13.8 Å². The Morgan fingerprint density at radius 1 is 1.24 bits per heavy atom. The van der Waals surface area contributed by atoms with E-state index in [0.29, 0.717) is 13.1 Å². The molecule has 0 unspecified atom stereocenters. The number of rotatable bonds is 6. The van der Waals surface area contributed by atoms with E-state index in [1.165, 1.54) is 18.2 Å². The van der Waals surface area contributed by atoms with Crippen LogP contribution in [0.5, 0.6) is 5.75 Å². The number of ether oxygens (including phenoxy) is 3. The molecule has 1 aliphatic heterocycles. The van der Waals surface area contributed by atoms with Crippen LogP contribution in [0, 0.1) is 10.1 Å². The number of esters is 1. The molecule has 25 heavy (non-hydrogen) atoms. The molecule has 0 bridgehead atoms. The molecule has 1 saturated heterocycles. The summed E-state index contributed by atoms with van der Waals surface area (Å²) in [7, 11) is 0. The summed E-state index contributed by atoms with van der Waals surface area (Å²) in [4.78, 5) is 35.6. The van der Waals surface area contributed by atoms with Gasteiger partial charge in [-0.25, -0.2) is 4.79 Å². The SMILES string of the molecule is C[C@@H]1CN(C(=O)COC(=O)COc2ccccc2[N+](=O)[O-])C[C@@H](C)O1. The smallest absolute Gasteiger partial charge is 0.344 e. The third-order valence-corrected chi connectivity index (χ3v) is 3.54. The van der Waals surface area contributed by atoms with Gasteiger partial charge in [0.25, 0.3) is 5.91 Å². The molecular formula is C16H20N2O7. The maximum absolute atomic E-state index is 12.1. The number of nitro benzene ring substituents is 1. The van der Waals surface area contributed by atoms with Crippen molar-refractivity contribution in [2.45, 2.75) is 26.1 Å². The van der Waals surface area contributed by atoms with Crippen molar-refractivity contribution in [3.05, 3.63) is 34.4 Å². The minimum Gasteiger partial charge on any atom is -0.475 e.